The molecule has 24 heavy (non-hydrogen) atoms. The van der Waals surface area contributed by atoms with Crippen molar-refractivity contribution in [3.05, 3.63) is 45.4 Å². The van der Waals surface area contributed by atoms with Crippen molar-refractivity contribution in [2.45, 2.75) is 33.1 Å². The van der Waals surface area contributed by atoms with Gasteiger partial charge in [-0.2, -0.15) is 0 Å². The predicted octanol–water partition coefficient (Wildman–Crippen LogP) is 4.66. The number of aryl methyl sites for hydroxylation is 1. The Morgan fingerprint density at radius 1 is 1.12 bits per heavy atom. The Hall–Kier alpha value is -2.14. The molecule has 1 heterocycles. The molecule has 0 aliphatic heterocycles. The van der Waals surface area contributed by atoms with Crippen molar-refractivity contribution in [1.29, 1.82) is 0 Å². The van der Waals surface area contributed by atoms with Gasteiger partial charge in [-0.3, -0.25) is 4.79 Å². The molecule has 0 saturated carbocycles. The van der Waals surface area contributed by atoms with Crippen LogP contribution in [0, 0.1) is 6.92 Å². The largest absolute Gasteiger partial charge is 0.497 e. The fourth-order valence-electron chi connectivity index (χ4n) is 2.12. The van der Waals surface area contributed by atoms with Crippen LogP contribution in [-0.4, -0.2) is 25.0 Å². The quantitative estimate of drug-likeness (QED) is 0.584. The summed E-state index contributed by atoms with van der Waals surface area (Å²) in [5, 5.41) is 0.972. The summed E-state index contributed by atoms with van der Waals surface area (Å²) in [5.74, 6) is 1.33. The summed E-state index contributed by atoms with van der Waals surface area (Å²) in [6, 6.07) is 5.50. The van der Waals surface area contributed by atoms with E-state index >= 15 is 0 Å². The van der Waals surface area contributed by atoms with Gasteiger partial charge in [0.15, 0.2) is 5.78 Å². The van der Waals surface area contributed by atoms with Crippen LogP contribution in [-0.2, 0) is 5.41 Å². The van der Waals surface area contributed by atoms with Crippen LogP contribution in [0.4, 0.5) is 0 Å². The molecule has 0 spiro atoms. The third-order valence-corrected chi connectivity index (χ3v) is 5.06. The summed E-state index contributed by atoms with van der Waals surface area (Å²) < 4.78 is 10.5. The number of aromatic nitrogens is 1. The van der Waals surface area contributed by atoms with E-state index in [0.29, 0.717) is 16.4 Å². The van der Waals surface area contributed by atoms with Gasteiger partial charge in [0.25, 0.3) is 0 Å². The summed E-state index contributed by atoms with van der Waals surface area (Å²) in [5.41, 5.74) is 1.57. The van der Waals surface area contributed by atoms with E-state index in [1.165, 1.54) is 11.3 Å². The average Bonchev–Trinajstić information content (AvgIpc) is 2.94. The van der Waals surface area contributed by atoms with Gasteiger partial charge in [0, 0.05) is 11.5 Å². The first-order valence-electron chi connectivity index (χ1n) is 7.68. The Bertz CT molecular complexity index is 747. The molecule has 1 aromatic carbocycles. The SMILES string of the molecule is COc1cc(/C=C\C(=O)c2sc(C(C)(C)C)nc2C)cc(OC)c1. The number of ketones is 1. The number of carbonyl (C=O) groups is 1. The molecule has 1 aromatic heterocycles. The number of hydrogen-bond acceptors (Lipinski definition) is 5. The van der Waals surface area contributed by atoms with Gasteiger partial charge in [-0.1, -0.05) is 26.8 Å². The van der Waals surface area contributed by atoms with Crippen LogP contribution in [0.5, 0.6) is 11.5 Å². The highest BCUT2D eigenvalue weighted by Crippen LogP contribution is 2.30. The van der Waals surface area contributed by atoms with Gasteiger partial charge in [0.1, 0.15) is 11.5 Å². The van der Waals surface area contributed by atoms with Crippen molar-refractivity contribution < 1.29 is 14.3 Å². The van der Waals surface area contributed by atoms with Gasteiger partial charge >= 0.3 is 0 Å². The van der Waals surface area contributed by atoms with E-state index in [-0.39, 0.29) is 11.2 Å². The Morgan fingerprint density at radius 2 is 1.71 bits per heavy atom. The van der Waals surface area contributed by atoms with Crippen molar-refractivity contribution in [2.24, 2.45) is 0 Å². The second-order valence-electron chi connectivity index (χ2n) is 6.53. The zero-order chi connectivity index (χ0) is 17.9. The number of allylic oxidation sites excluding steroid dienone is 1. The summed E-state index contributed by atoms with van der Waals surface area (Å²) in [7, 11) is 3.20. The minimum atomic E-state index is -0.0577. The fraction of sp³-hybridized carbons (Fsp3) is 0.368. The van der Waals surface area contributed by atoms with Crippen molar-refractivity contribution >= 4 is 23.2 Å². The highest BCUT2D eigenvalue weighted by molar-refractivity contribution is 7.14. The molecular formula is C19H23NO3S. The van der Waals surface area contributed by atoms with E-state index in [4.69, 9.17) is 9.47 Å². The first-order chi connectivity index (χ1) is 11.2. The van der Waals surface area contributed by atoms with Gasteiger partial charge in [0.05, 0.1) is 29.8 Å². The van der Waals surface area contributed by atoms with Crippen molar-refractivity contribution in [3.8, 4) is 11.5 Å². The molecule has 0 aliphatic rings. The minimum absolute atomic E-state index is 0.0395. The number of nitrogens with zero attached hydrogens (tertiary/aromatic N) is 1. The molecule has 4 nitrogen and oxygen atoms in total. The number of thiazole rings is 1. The monoisotopic (exact) mass is 345 g/mol. The lowest BCUT2D eigenvalue weighted by Gasteiger charge is -2.13. The molecule has 2 rings (SSSR count). The van der Waals surface area contributed by atoms with Crippen LogP contribution in [0.1, 0.15) is 46.7 Å². The smallest absolute Gasteiger partial charge is 0.197 e. The Morgan fingerprint density at radius 3 is 2.17 bits per heavy atom. The summed E-state index contributed by atoms with van der Waals surface area (Å²) in [6.07, 6.45) is 3.34. The van der Waals surface area contributed by atoms with Gasteiger partial charge in [-0.25, -0.2) is 4.98 Å². The molecule has 0 N–H and O–H groups in total. The lowest BCUT2D eigenvalue weighted by Crippen LogP contribution is -2.10. The van der Waals surface area contributed by atoms with Crippen LogP contribution < -0.4 is 9.47 Å². The van der Waals surface area contributed by atoms with Crippen LogP contribution in [0.2, 0.25) is 0 Å². The predicted molar refractivity (Wildman–Crippen MR) is 98.5 cm³/mol. The lowest BCUT2D eigenvalue weighted by atomic mass is 9.98. The molecule has 5 heteroatoms. The number of methoxy groups -OCH3 is 2. The standard InChI is InChI=1S/C19H23NO3S/c1-12-17(24-18(20-12)19(2,3)4)16(21)8-7-13-9-14(22-5)11-15(10-13)23-6/h7-11H,1-6H3/b8-7-. The normalized spacial score (nSPS) is 11.8. The molecule has 0 atom stereocenters. The molecule has 0 fully saturated rings. The maximum Gasteiger partial charge on any atom is 0.197 e. The van der Waals surface area contributed by atoms with E-state index in [2.05, 4.69) is 25.8 Å². The first-order valence-corrected chi connectivity index (χ1v) is 8.49. The summed E-state index contributed by atoms with van der Waals surface area (Å²) >= 11 is 1.46. The van der Waals surface area contributed by atoms with E-state index in [9.17, 15) is 4.79 Å². The van der Waals surface area contributed by atoms with Gasteiger partial charge < -0.3 is 9.47 Å². The third-order valence-electron chi connectivity index (χ3n) is 3.46. The zero-order valence-corrected chi connectivity index (χ0v) is 15.8. The summed E-state index contributed by atoms with van der Waals surface area (Å²) in [6.45, 7) is 8.16. The number of hydrogen-bond donors (Lipinski definition) is 0. The highest BCUT2D eigenvalue weighted by atomic mass is 32.1. The minimum Gasteiger partial charge on any atom is -0.497 e. The molecule has 0 unspecified atom stereocenters. The number of benzene rings is 1. The van der Waals surface area contributed by atoms with Gasteiger partial charge in [-0.15, -0.1) is 11.3 Å². The van der Waals surface area contributed by atoms with Gasteiger partial charge in [0.2, 0.25) is 0 Å². The molecule has 0 radical (unpaired) electrons. The molecule has 0 saturated heterocycles. The highest BCUT2D eigenvalue weighted by Gasteiger charge is 2.22. The number of ether oxygens (including phenoxy) is 2. The Labute approximate surface area is 147 Å². The second kappa shape index (κ2) is 7.18. The van der Waals surface area contributed by atoms with Crippen molar-refractivity contribution in [3.63, 3.8) is 0 Å². The van der Waals surface area contributed by atoms with Crippen LogP contribution in [0.3, 0.4) is 0 Å². The fourth-order valence-corrected chi connectivity index (χ4v) is 3.16. The van der Waals surface area contributed by atoms with Crippen molar-refractivity contribution in [1.82, 2.24) is 4.98 Å². The molecule has 0 aliphatic carbocycles. The molecule has 2 aromatic rings. The van der Waals surface area contributed by atoms with E-state index < -0.39 is 0 Å². The molecular weight excluding hydrogens is 322 g/mol. The maximum atomic E-state index is 12.5. The number of carbonyl (C=O) groups excluding carboxylic acids is 1. The van der Waals surface area contributed by atoms with Crippen molar-refractivity contribution in [2.75, 3.05) is 14.2 Å². The lowest BCUT2D eigenvalue weighted by molar-refractivity contribution is 0.105. The zero-order valence-electron chi connectivity index (χ0n) is 15.0. The Balaban J connectivity index is 2.27. The van der Waals surface area contributed by atoms with E-state index in [1.807, 2.05) is 19.1 Å². The Kier molecular flexibility index (Phi) is 5.44. The van der Waals surface area contributed by atoms with E-state index in [0.717, 1.165) is 16.3 Å². The molecule has 128 valence electrons. The van der Waals surface area contributed by atoms with Crippen LogP contribution >= 0.6 is 11.3 Å². The summed E-state index contributed by atoms with van der Waals surface area (Å²) in [4.78, 5) is 17.7. The number of rotatable bonds is 5. The van der Waals surface area contributed by atoms with Crippen LogP contribution in [0.25, 0.3) is 6.08 Å². The second-order valence-corrected chi connectivity index (χ2v) is 7.53. The topological polar surface area (TPSA) is 48.4 Å². The molecule has 0 amide bonds. The average molecular weight is 345 g/mol. The van der Waals surface area contributed by atoms with Crippen LogP contribution in [0.15, 0.2) is 24.3 Å². The molecule has 0 bridgehead atoms. The first kappa shape index (κ1) is 18.2. The third kappa shape index (κ3) is 4.23. The van der Waals surface area contributed by atoms with Gasteiger partial charge in [-0.05, 0) is 30.7 Å². The maximum absolute atomic E-state index is 12.5. The van der Waals surface area contributed by atoms with E-state index in [1.54, 1.807) is 32.4 Å².